The van der Waals surface area contributed by atoms with Gasteiger partial charge in [-0.3, -0.25) is 4.79 Å². The molecule has 0 bridgehead atoms. The third-order valence-corrected chi connectivity index (χ3v) is 2.41. The van der Waals surface area contributed by atoms with Gasteiger partial charge in [-0.15, -0.1) is 0 Å². The number of carbonyl (C=O) groups is 1. The van der Waals surface area contributed by atoms with Gasteiger partial charge in [0.2, 0.25) is 11.7 Å². The fourth-order valence-corrected chi connectivity index (χ4v) is 1.54. The molecule has 0 aliphatic heterocycles. The molecule has 0 spiro atoms. The number of ether oxygens (including phenoxy) is 1. The van der Waals surface area contributed by atoms with Crippen molar-refractivity contribution in [3.8, 4) is 11.4 Å². The molecule has 1 aromatic heterocycles. The van der Waals surface area contributed by atoms with Crippen molar-refractivity contribution in [2.75, 3.05) is 18.5 Å². The van der Waals surface area contributed by atoms with Gasteiger partial charge in [-0.2, -0.15) is 4.98 Å². The normalized spacial score (nSPS) is 10.2. The zero-order valence-electron chi connectivity index (χ0n) is 10.8. The van der Waals surface area contributed by atoms with E-state index in [0.29, 0.717) is 18.3 Å². The second kappa shape index (κ2) is 5.99. The summed E-state index contributed by atoms with van der Waals surface area (Å²) < 4.78 is 9.74. The maximum atomic E-state index is 11.2. The van der Waals surface area contributed by atoms with E-state index in [0.717, 1.165) is 11.3 Å². The highest BCUT2D eigenvalue weighted by molar-refractivity contribution is 5.75. The van der Waals surface area contributed by atoms with Crippen molar-refractivity contribution in [3.05, 3.63) is 30.2 Å². The van der Waals surface area contributed by atoms with Gasteiger partial charge in [0.15, 0.2) is 0 Å². The van der Waals surface area contributed by atoms with Crippen LogP contribution in [0.3, 0.4) is 0 Å². The second-order valence-electron chi connectivity index (χ2n) is 3.87. The molecular weight excluding hydrogens is 246 g/mol. The Morgan fingerprint density at radius 3 is 2.68 bits per heavy atom. The lowest BCUT2D eigenvalue weighted by Crippen LogP contribution is -2.16. The number of hydrogen-bond donors (Lipinski definition) is 1. The highest BCUT2D eigenvalue weighted by Crippen LogP contribution is 2.18. The van der Waals surface area contributed by atoms with Crippen LogP contribution in [-0.2, 0) is 9.53 Å². The van der Waals surface area contributed by atoms with E-state index in [1.807, 2.05) is 24.3 Å². The number of aromatic nitrogens is 2. The van der Waals surface area contributed by atoms with Gasteiger partial charge in [-0.25, -0.2) is 0 Å². The van der Waals surface area contributed by atoms with Crippen molar-refractivity contribution in [2.45, 2.75) is 13.8 Å². The standard InChI is InChI=1S/C13H15N3O3/c1-3-18-12(17)8-14-11-6-4-10(5-7-11)13-15-9(2)19-16-13/h4-7,14H,3,8H2,1-2H3. The molecule has 0 atom stereocenters. The van der Waals surface area contributed by atoms with Gasteiger partial charge in [0.1, 0.15) is 6.54 Å². The molecule has 0 unspecified atom stereocenters. The van der Waals surface area contributed by atoms with E-state index in [9.17, 15) is 4.79 Å². The number of carbonyl (C=O) groups excluding carboxylic acids is 1. The average Bonchev–Trinajstić information content (AvgIpc) is 2.84. The smallest absolute Gasteiger partial charge is 0.325 e. The van der Waals surface area contributed by atoms with Gasteiger partial charge in [0, 0.05) is 18.2 Å². The van der Waals surface area contributed by atoms with E-state index in [4.69, 9.17) is 9.26 Å². The van der Waals surface area contributed by atoms with Crippen LogP contribution >= 0.6 is 0 Å². The van der Waals surface area contributed by atoms with Crippen molar-refractivity contribution in [1.29, 1.82) is 0 Å². The third-order valence-electron chi connectivity index (χ3n) is 2.41. The topological polar surface area (TPSA) is 77.2 Å². The van der Waals surface area contributed by atoms with Crippen molar-refractivity contribution in [3.63, 3.8) is 0 Å². The van der Waals surface area contributed by atoms with Crippen molar-refractivity contribution in [2.24, 2.45) is 0 Å². The minimum Gasteiger partial charge on any atom is -0.465 e. The summed E-state index contributed by atoms with van der Waals surface area (Å²) in [4.78, 5) is 15.3. The summed E-state index contributed by atoms with van der Waals surface area (Å²) in [6.45, 7) is 4.05. The molecule has 6 nitrogen and oxygen atoms in total. The Hall–Kier alpha value is -2.37. The third kappa shape index (κ3) is 3.54. The summed E-state index contributed by atoms with van der Waals surface area (Å²) in [6, 6.07) is 7.41. The van der Waals surface area contributed by atoms with Gasteiger partial charge >= 0.3 is 5.97 Å². The van der Waals surface area contributed by atoms with Crippen molar-refractivity contribution >= 4 is 11.7 Å². The number of nitrogens with zero attached hydrogens (tertiary/aromatic N) is 2. The highest BCUT2D eigenvalue weighted by Gasteiger charge is 2.06. The van der Waals surface area contributed by atoms with Crippen LogP contribution in [0.1, 0.15) is 12.8 Å². The molecule has 1 aromatic carbocycles. The zero-order chi connectivity index (χ0) is 13.7. The molecule has 2 aromatic rings. The Kier molecular flexibility index (Phi) is 4.12. The predicted octanol–water partition coefficient (Wildman–Crippen LogP) is 2.02. The van der Waals surface area contributed by atoms with E-state index in [2.05, 4.69) is 15.5 Å². The number of rotatable bonds is 5. The van der Waals surface area contributed by atoms with Crippen LogP contribution in [0.25, 0.3) is 11.4 Å². The zero-order valence-corrected chi connectivity index (χ0v) is 10.8. The lowest BCUT2D eigenvalue weighted by Gasteiger charge is -2.06. The van der Waals surface area contributed by atoms with E-state index in [1.165, 1.54) is 0 Å². The van der Waals surface area contributed by atoms with Gasteiger partial charge < -0.3 is 14.6 Å². The van der Waals surface area contributed by atoms with Crippen LogP contribution in [0.5, 0.6) is 0 Å². The molecule has 0 saturated carbocycles. The van der Waals surface area contributed by atoms with Crippen LogP contribution in [0, 0.1) is 6.92 Å². The quantitative estimate of drug-likeness (QED) is 0.830. The molecule has 2 rings (SSSR count). The first-order chi connectivity index (χ1) is 9.19. The molecular formula is C13H15N3O3. The summed E-state index contributed by atoms with van der Waals surface area (Å²) >= 11 is 0. The van der Waals surface area contributed by atoms with Gasteiger partial charge in [0.05, 0.1) is 6.61 Å². The Balaban J connectivity index is 1.97. The number of hydrogen-bond acceptors (Lipinski definition) is 6. The summed E-state index contributed by atoms with van der Waals surface area (Å²) in [5.74, 6) is 0.800. The average molecular weight is 261 g/mol. The number of aryl methyl sites for hydroxylation is 1. The molecule has 19 heavy (non-hydrogen) atoms. The molecule has 0 fully saturated rings. The summed E-state index contributed by atoms with van der Waals surface area (Å²) in [6.07, 6.45) is 0. The SMILES string of the molecule is CCOC(=O)CNc1ccc(-c2noc(C)n2)cc1. The molecule has 100 valence electrons. The van der Waals surface area contributed by atoms with Crippen LogP contribution < -0.4 is 5.32 Å². The summed E-state index contributed by atoms with van der Waals surface area (Å²) in [7, 11) is 0. The fraction of sp³-hybridized carbons (Fsp3) is 0.308. The predicted molar refractivity (Wildman–Crippen MR) is 69.6 cm³/mol. The highest BCUT2D eigenvalue weighted by atomic mass is 16.5. The van der Waals surface area contributed by atoms with Gasteiger partial charge in [-0.1, -0.05) is 5.16 Å². The number of benzene rings is 1. The van der Waals surface area contributed by atoms with E-state index >= 15 is 0 Å². The van der Waals surface area contributed by atoms with Crippen LogP contribution in [-0.4, -0.2) is 29.3 Å². The first-order valence-electron chi connectivity index (χ1n) is 5.99. The molecule has 0 aliphatic rings. The Morgan fingerprint density at radius 2 is 2.11 bits per heavy atom. The molecule has 0 aliphatic carbocycles. The first kappa shape index (κ1) is 13.1. The lowest BCUT2D eigenvalue weighted by molar-refractivity contribution is -0.140. The molecule has 1 N–H and O–H groups in total. The Bertz CT molecular complexity index is 549. The van der Waals surface area contributed by atoms with Crippen LogP contribution in [0.4, 0.5) is 5.69 Å². The van der Waals surface area contributed by atoms with Crippen molar-refractivity contribution in [1.82, 2.24) is 10.1 Å². The minimum atomic E-state index is -0.277. The largest absolute Gasteiger partial charge is 0.465 e. The van der Waals surface area contributed by atoms with Gasteiger partial charge in [-0.05, 0) is 31.2 Å². The molecule has 0 saturated heterocycles. The van der Waals surface area contributed by atoms with E-state index in [-0.39, 0.29) is 12.5 Å². The Labute approximate surface area is 110 Å². The van der Waals surface area contributed by atoms with E-state index in [1.54, 1.807) is 13.8 Å². The second-order valence-corrected chi connectivity index (χ2v) is 3.87. The maximum Gasteiger partial charge on any atom is 0.325 e. The molecule has 0 radical (unpaired) electrons. The Morgan fingerprint density at radius 1 is 1.37 bits per heavy atom. The van der Waals surface area contributed by atoms with Gasteiger partial charge in [0.25, 0.3) is 0 Å². The van der Waals surface area contributed by atoms with Crippen LogP contribution in [0.15, 0.2) is 28.8 Å². The van der Waals surface area contributed by atoms with E-state index < -0.39 is 0 Å². The monoisotopic (exact) mass is 261 g/mol. The minimum absolute atomic E-state index is 0.147. The molecule has 0 amide bonds. The molecule has 1 heterocycles. The summed E-state index contributed by atoms with van der Waals surface area (Å²) in [5, 5.41) is 6.81. The molecule has 6 heteroatoms. The first-order valence-corrected chi connectivity index (χ1v) is 5.99. The van der Waals surface area contributed by atoms with Crippen LogP contribution in [0.2, 0.25) is 0 Å². The van der Waals surface area contributed by atoms with Crippen molar-refractivity contribution < 1.29 is 14.1 Å². The number of esters is 1. The fourth-order valence-electron chi connectivity index (χ4n) is 1.54. The number of nitrogens with one attached hydrogen (secondary N) is 1. The lowest BCUT2D eigenvalue weighted by atomic mass is 10.2. The summed E-state index contributed by atoms with van der Waals surface area (Å²) in [5.41, 5.74) is 1.69. The number of anilines is 1. The maximum absolute atomic E-state index is 11.2.